The average Bonchev–Trinajstić information content (AvgIpc) is 3.56. The number of methoxy groups -OCH3 is 2. The predicted octanol–water partition coefficient (Wildman–Crippen LogP) is 2.55. The van der Waals surface area contributed by atoms with E-state index in [2.05, 4.69) is 21.9 Å². The molecule has 0 unspecified atom stereocenters. The molecule has 5 heterocycles. The number of carbonyl (C=O) groups excluding carboxylic acids is 2. The van der Waals surface area contributed by atoms with E-state index in [-0.39, 0.29) is 35.7 Å². The van der Waals surface area contributed by atoms with Gasteiger partial charge < -0.3 is 24.2 Å². The van der Waals surface area contributed by atoms with Crippen molar-refractivity contribution in [2.75, 3.05) is 38.8 Å². The summed E-state index contributed by atoms with van der Waals surface area (Å²) in [5, 5.41) is 8.38. The number of carbonyl (C=O) groups is 3. The molecule has 3 saturated heterocycles. The summed E-state index contributed by atoms with van der Waals surface area (Å²) < 4.78 is 17.6. The molecule has 2 saturated carbocycles. The molecule has 1 amide bonds. The van der Waals surface area contributed by atoms with Gasteiger partial charge in [-0.1, -0.05) is 11.6 Å². The summed E-state index contributed by atoms with van der Waals surface area (Å²) in [6.45, 7) is 2.80. The van der Waals surface area contributed by atoms with Crippen LogP contribution in [0.25, 0.3) is 0 Å². The Labute approximate surface area is 221 Å². The van der Waals surface area contributed by atoms with E-state index >= 15 is 0 Å². The summed E-state index contributed by atoms with van der Waals surface area (Å²) in [5.74, 6) is 1.44. The standard InChI is InChI=1S/C23H26N2O4.C6H8O3/c1-27-16-8-14-15(9-17(16)28-2)25-20(26)10-18-21-13-7-19-23(14,22(21)25)4-5-24(19)11-12(13)3-6-29-18;7-5-2-1-4(3-5)6(8)9/h3,8-9,13,18-19,21-22H,4-7,10-11H2,1-2H3;4H,1-3H2,(H,8,9)/t13-,18-,19-,21-,22-,23+;4-/m01/s1. The molecule has 8 rings (SSSR count). The second kappa shape index (κ2) is 8.55. The van der Waals surface area contributed by atoms with E-state index in [9.17, 15) is 14.4 Å². The van der Waals surface area contributed by atoms with Gasteiger partial charge in [-0.05, 0) is 43.4 Å². The molecule has 1 spiro atoms. The van der Waals surface area contributed by atoms with Crippen LogP contribution in [0.1, 0.15) is 44.1 Å². The Bertz CT molecular complexity index is 1260. The van der Waals surface area contributed by atoms with Crippen LogP contribution >= 0.6 is 0 Å². The molecule has 1 aromatic carbocycles. The van der Waals surface area contributed by atoms with Crippen LogP contribution in [-0.2, 0) is 24.5 Å². The number of nitrogens with zero attached hydrogens (tertiary/aromatic N) is 2. The molecule has 1 N–H and O–H groups in total. The fourth-order valence-electron chi connectivity index (χ4n) is 8.90. The Hall–Kier alpha value is -2.91. The van der Waals surface area contributed by atoms with E-state index in [0.29, 0.717) is 49.5 Å². The highest BCUT2D eigenvalue weighted by Crippen LogP contribution is 2.66. The minimum absolute atomic E-state index is 0.0242. The summed E-state index contributed by atoms with van der Waals surface area (Å²) in [5.41, 5.74) is 3.85. The maximum absolute atomic E-state index is 13.5. The number of aliphatic carboxylic acids is 1. The molecule has 202 valence electrons. The summed E-state index contributed by atoms with van der Waals surface area (Å²) in [4.78, 5) is 39.0. The number of amides is 1. The molecular weight excluding hydrogens is 488 g/mol. The molecule has 0 radical (unpaired) electrons. The van der Waals surface area contributed by atoms with Crippen LogP contribution in [0.5, 0.6) is 11.5 Å². The van der Waals surface area contributed by atoms with Crippen LogP contribution < -0.4 is 14.4 Å². The fraction of sp³-hybridized carbons (Fsp3) is 0.621. The highest BCUT2D eigenvalue weighted by Gasteiger charge is 2.71. The lowest BCUT2D eigenvalue weighted by molar-refractivity contribution is -0.142. The van der Waals surface area contributed by atoms with Crippen molar-refractivity contribution in [2.24, 2.45) is 17.8 Å². The number of rotatable bonds is 3. The van der Waals surface area contributed by atoms with Crippen molar-refractivity contribution in [3.8, 4) is 11.5 Å². The van der Waals surface area contributed by atoms with Crippen LogP contribution in [-0.4, -0.2) is 79.8 Å². The van der Waals surface area contributed by atoms with Gasteiger partial charge in [-0.25, -0.2) is 0 Å². The number of fused-ring (bicyclic) bond motifs is 2. The van der Waals surface area contributed by atoms with Gasteiger partial charge >= 0.3 is 5.97 Å². The van der Waals surface area contributed by atoms with E-state index < -0.39 is 11.9 Å². The average molecular weight is 523 g/mol. The number of carboxylic acids is 1. The minimum atomic E-state index is -0.833. The first-order valence-electron chi connectivity index (χ1n) is 13.7. The van der Waals surface area contributed by atoms with Crippen LogP contribution in [0.3, 0.4) is 0 Å². The van der Waals surface area contributed by atoms with E-state index in [1.807, 2.05) is 6.07 Å². The number of piperidine rings is 2. The van der Waals surface area contributed by atoms with Crippen molar-refractivity contribution in [3.63, 3.8) is 0 Å². The third kappa shape index (κ3) is 3.14. The van der Waals surface area contributed by atoms with Gasteiger partial charge in [-0.2, -0.15) is 0 Å². The Morgan fingerprint density at radius 1 is 1.16 bits per heavy atom. The Balaban J connectivity index is 0.000000231. The van der Waals surface area contributed by atoms with Gasteiger partial charge in [-0.15, -0.1) is 0 Å². The number of anilines is 1. The first-order chi connectivity index (χ1) is 18.4. The molecule has 7 aliphatic rings. The number of ketones is 1. The molecular formula is C29H34N2O7. The molecule has 9 nitrogen and oxygen atoms in total. The maximum atomic E-state index is 13.5. The normalized spacial score (nSPS) is 37.6. The van der Waals surface area contributed by atoms with E-state index in [1.165, 1.54) is 12.0 Å². The molecule has 7 atom stereocenters. The molecule has 5 aliphatic heterocycles. The molecule has 38 heavy (non-hydrogen) atoms. The first kappa shape index (κ1) is 24.2. The smallest absolute Gasteiger partial charge is 0.306 e. The summed E-state index contributed by atoms with van der Waals surface area (Å²) in [7, 11) is 3.36. The lowest BCUT2D eigenvalue weighted by atomic mass is 9.53. The minimum Gasteiger partial charge on any atom is -0.493 e. The van der Waals surface area contributed by atoms with E-state index in [0.717, 1.165) is 30.9 Å². The van der Waals surface area contributed by atoms with Gasteiger partial charge in [0.2, 0.25) is 5.91 Å². The number of hydrogen-bond acceptors (Lipinski definition) is 7. The second-order valence-electron chi connectivity index (χ2n) is 11.8. The van der Waals surface area contributed by atoms with Crippen molar-refractivity contribution in [2.45, 2.75) is 62.1 Å². The van der Waals surface area contributed by atoms with Gasteiger partial charge in [0.05, 0.1) is 51.0 Å². The van der Waals surface area contributed by atoms with Crippen LogP contribution in [0, 0.1) is 17.8 Å². The Kier molecular flexibility index (Phi) is 5.43. The first-order valence-corrected chi connectivity index (χ1v) is 13.7. The van der Waals surface area contributed by atoms with Crippen LogP contribution in [0.4, 0.5) is 5.69 Å². The van der Waals surface area contributed by atoms with Gasteiger partial charge in [0.15, 0.2) is 11.5 Å². The molecule has 1 aromatic rings. The van der Waals surface area contributed by atoms with E-state index in [1.54, 1.807) is 19.8 Å². The molecule has 2 bridgehead atoms. The van der Waals surface area contributed by atoms with Gasteiger partial charge in [0.25, 0.3) is 0 Å². The monoisotopic (exact) mass is 522 g/mol. The zero-order chi connectivity index (χ0) is 26.3. The summed E-state index contributed by atoms with van der Waals surface area (Å²) in [6.07, 6.45) is 6.34. The maximum Gasteiger partial charge on any atom is 0.306 e. The number of Topliss-reactive ketones (excluding diaryl/α,β-unsaturated/α-hetero) is 1. The van der Waals surface area contributed by atoms with Gasteiger partial charge in [0.1, 0.15) is 5.78 Å². The largest absolute Gasteiger partial charge is 0.493 e. The second-order valence-corrected chi connectivity index (χ2v) is 11.8. The van der Waals surface area contributed by atoms with Crippen molar-refractivity contribution < 1.29 is 33.7 Å². The third-order valence-electron chi connectivity index (χ3n) is 10.4. The molecule has 2 aliphatic carbocycles. The highest BCUT2D eigenvalue weighted by atomic mass is 16.5. The summed E-state index contributed by atoms with van der Waals surface area (Å²) in [6, 6.07) is 4.87. The van der Waals surface area contributed by atoms with Crippen molar-refractivity contribution in [1.82, 2.24) is 4.90 Å². The molecule has 5 fully saturated rings. The third-order valence-corrected chi connectivity index (χ3v) is 10.4. The lowest BCUT2D eigenvalue weighted by Crippen LogP contribution is -2.69. The van der Waals surface area contributed by atoms with Crippen LogP contribution in [0.15, 0.2) is 23.8 Å². The fourth-order valence-corrected chi connectivity index (χ4v) is 8.90. The lowest BCUT2D eigenvalue weighted by Gasteiger charge is -2.58. The molecule has 9 heteroatoms. The van der Waals surface area contributed by atoms with Crippen molar-refractivity contribution in [3.05, 3.63) is 29.3 Å². The Morgan fingerprint density at radius 2 is 1.95 bits per heavy atom. The summed E-state index contributed by atoms with van der Waals surface area (Å²) >= 11 is 0. The zero-order valence-corrected chi connectivity index (χ0v) is 21.9. The number of carboxylic acid groups (broad SMARTS) is 1. The van der Waals surface area contributed by atoms with Crippen molar-refractivity contribution >= 4 is 23.3 Å². The highest BCUT2D eigenvalue weighted by molar-refractivity contribution is 5.99. The number of ether oxygens (including phenoxy) is 3. The van der Waals surface area contributed by atoms with Crippen LogP contribution in [0.2, 0.25) is 0 Å². The number of hydrogen-bond donors (Lipinski definition) is 1. The predicted molar refractivity (Wildman–Crippen MR) is 136 cm³/mol. The van der Waals surface area contributed by atoms with E-state index in [4.69, 9.17) is 19.3 Å². The SMILES string of the molecule is COc1cc2c(cc1OC)[C@@]13CCN4CC5=CCO[C@H]6CC(=O)N2[C@H]1[C@H]6[C@H]5C[C@H]43.O=C1CC[C@@H](C(=O)O)C1. The van der Waals surface area contributed by atoms with Gasteiger partial charge in [-0.3, -0.25) is 19.3 Å². The zero-order valence-electron chi connectivity index (χ0n) is 21.9. The Morgan fingerprint density at radius 3 is 2.63 bits per heavy atom. The number of benzene rings is 1. The topological polar surface area (TPSA) is 106 Å². The van der Waals surface area contributed by atoms with Gasteiger partial charge in [0, 0.05) is 42.8 Å². The van der Waals surface area contributed by atoms with Crippen molar-refractivity contribution in [1.29, 1.82) is 0 Å². The quantitative estimate of drug-likeness (QED) is 0.604. The molecule has 0 aromatic heterocycles.